The molecular weight excluding hydrogens is 279 g/mol. The summed E-state index contributed by atoms with van der Waals surface area (Å²) < 4.78 is 13.2. The standard InChI is InChI=1S/C13H13FN4OS/c1-7-8(2)16-17-13(11(7)12(15)18-19)20-10-5-3-4-9(14)6-10/h3-6,19H,1-2H3,(H2,15,18). The number of nitrogens with zero attached hydrogens (tertiary/aromatic N) is 2. The highest BCUT2D eigenvalue weighted by Crippen LogP contribution is 2.30. The molecule has 1 aromatic heterocycles. The summed E-state index contributed by atoms with van der Waals surface area (Å²) in [4.78, 5) is 0.648. The van der Waals surface area contributed by atoms with Crippen LogP contribution < -0.4 is 5.48 Å². The average Bonchev–Trinajstić information content (AvgIpc) is 2.42. The van der Waals surface area contributed by atoms with Crippen molar-refractivity contribution in [2.75, 3.05) is 0 Å². The van der Waals surface area contributed by atoms with Crippen LogP contribution in [0.4, 0.5) is 4.39 Å². The fourth-order valence-corrected chi connectivity index (χ4v) is 2.63. The molecule has 0 aliphatic heterocycles. The molecule has 20 heavy (non-hydrogen) atoms. The fourth-order valence-electron chi connectivity index (χ4n) is 1.65. The third-order valence-electron chi connectivity index (χ3n) is 2.79. The number of benzene rings is 1. The molecule has 0 spiro atoms. The molecular formula is C13H13FN4OS. The van der Waals surface area contributed by atoms with Crippen LogP contribution in [0.25, 0.3) is 0 Å². The van der Waals surface area contributed by atoms with Crippen LogP contribution in [-0.2, 0) is 0 Å². The van der Waals surface area contributed by atoms with E-state index in [2.05, 4.69) is 10.2 Å². The molecule has 0 atom stereocenters. The normalized spacial score (nSPS) is 10.4. The van der Waals surface area contributed by atoms with E-state index in [1.54, 1.807) is 26.0 Å². The molecule has 7 heteroatoms. The lowest BCUT2D eigenvalue weighted by Gasteiger charge is -2.12. The van der Waals surface area contributed by atoms with Crippen molar-refractivity contribution in [2.45, 2.75) is 23.8 Å². The molecule has 0 saturated carbocycles. The Hall–Kier alpha value is -1.99. The van der Waals surface area contributed by atoms with Crippen LogP contribution in [0.1, 0.15) is 16.8 Å². The molecule has 1 heterocycles. The van der Waals surface area contributed by atoms with Crippen LogP contribution in [0, 0.1) is 25.1 Å². The van der Waals surface area contributed by atoms with Crippen molar-refractivity contribution in [1.29, 1.82) is 5.41 Å². The summed E-state index contributed by atoms with van der Waals surface area (Å²) in [6.07, 6.45) is 0. The smallest absolute Gasteiger partial charge is 0.152 e. The van der Waals surface area contributed by atoms with Gasteiger partial charge < -0.3 is 0 Å². The number of aryl methyl sites for hydroxylation is 1. The fraction of sp³-hybridized carbons (Fsp3) is 0.154. The van der Waals surface area contributed by atoms with Gasteiger partial charge in [-0.05, 0) is 37.6 Å². The summed E-state index contributed by atoms with van der Waals surface area (Å²) in [5.74, 6) is -0.511. The molecule has 1 aromatic carbocycles. The van der Waals surface area contributed by atoms with Crippen molar-refractivity contribution in [3.05, 3.63) is 46.9 Å². The number of halogens is 1. The van der Waals surface area contributed by atoms with E-state index in [-0.39, 0.29) is 11.7 Å². The highest BCUT2D eigenvalue weighted by atomic mass is 32.2. The highest BCUT2D eigenvalue weighted by molar-refractivity contribution is 7.99. The van der Waals surface area contributed by atoms with Gasteiger partial charge in [-0.25, -0.2) is 4.39 Å². The van der Waals surface area contributed by atoms with Crippen molar-refractivity contribution < 1.29 is 9.60 Å². The quantitative estimate of drug-likeness (QED) is 0.460. The molecule has 0 amide bonds. The molecule has 0 aliphatic rings. The third kappa shape index (κ3) is 2.94. The van der Waals surface area contributed by atoms with E-state index in [0.717, 1.165) is 5.56 Å². The van der Waals surface area contributed by atoms with Gasteiger partial charge in [0.25, 0.3) is 0 Å². The minimum absolute atomic E-state index is 0.167. The molecule has 5 nitrogen and oxygen atoms in total. The first-order valence-corrected chi connectivity index (χ1v) is 6.61. The number of hydroxylamine groups is 1. The summed E-state index contributed by atoms with van der Waals surface area (Å²) in [7, 11) is 0. The van der Waals surface area contributed by atoms with Gasteiger partial charge in [0.2, 0.25) is 0 Å². The number of hydrogen-bond donors (Lipinski definition) is 3. The first-order chi connectivity index (χ1) is 9.52. The molecule has 104 valence electrons. The minimum Gasteiger partial charge on any atom is -0.290 e. The third-order valence-corrected chi connectivity index (χ3v) is 3.76. The molecule has 0 saturated heterocycles. The summed E-state index contributed by atoms with van der Waals surface area (Å²) in [5, 5.41) is 25.2. The lowest BCUT2D eigenvalue weighted by molar-refractivity contribution is 0.234. The Bertz CT molecular complexity index is 663. The first-order valence-electron chi connectivity index (χ1n) is 5.79. The number of nitrogens with one attached hydrogen (secondary N) is 2. The summed E-state index contributed by atoms with van der Waals surface area (Å²) in [5.41, 5.74) is 3.68. The summed E-state index contributed by atoms with van der Waals surface area (Å²) in [6.45, 7) is 3.56. The molecule has 0 fully saturated rings. The van der Waals surface area contributed by atoms with Gasteiger partial charge in [-0.15, -0.1) is 5.10 Å². The predicted molar refractivity (Wildman–Crippen MR) is 73.8 cm³/mol. The van der Waals surface area contributed by atoms with Gasteiger partial charge in [-0.1, -0.05) is 17.8 Å². The Morgan fingerprint density at radius 1 is 1.35 bits per heavy atom. The van der Waals surface area contributed by atoms with Gasteiger partial charge in [0, 0.05) is 4.90 Å². The second-order valence-electron chi connectivity index (χ2n) is 4.14. The molecule has 2 aromatic rings. The maximum absolute atomic E-state index is 13.2. The van der Waals surface area contributed by atoms with Crippen LogP contribution in [-0.4, -0.2) is 21.2 Å². The highest BCUT2D eigenvalue weighted by Gasteiger charge is 2.16. The van der Waals surface area contributed by atoms with Gasteiger partial charge in [0.1, 0.15) is 10.8 Å². The van der Waals surface area contributed by atoms with E-state index in [1.165, 1.54) is 23.9 Å². The predicted octanol–water partition coefficient (Wildman–Crippen LogP) is 2.69. The maximum atomic E-state index is 13.2. The zero-order valence-corrected chi connectivity index (χ0v) is 11.8. The van der Waals surface area contributed by atoms with Crippen LogP contribution >= 0.6 is 11.8 Å². The lowest BCUT2D eigenvalue weighted by Crippen LogP contribution is -2.22. The molecule has 2 rings (SSSR count). The average molecular weight is 292 g/mol. The topological polar surface area (TPSA) is 81.9 Å². The van der Waals surface area contributed by atoms with E-state index >= 15 is 0 Å². The number of aromatic nitrogens is 2. The summed E-state index contributed by atoms with van der Waals surface area (Å²) in [6, 6.07) is 6.07. The zero-order valence-electron chi connectivity index (χ0n) is 10.9. The van der Waals surface area contributed by atoms with E-state index in [1.807, 2.05) is 5.48 Å². The van der Waals surface area contributed by atoms with Gasteiger partial charge in [0.15, 0.2) is 5.84 Å². The Balaban J connectivity index is 2.46. The lowest BCUT2D eigenvalue weighted by atomic mass is 10.1. The van der Waals surface area contributed by atoms with Crippen molar-refractivity contribution in [2.24, 2.45) is 0 Å². The van der Waals surface area contributed by atoms with Gasteiger partial charge in [0.05, 0.1) is 11.3 Å². The monoisotopic (exact) mass is 292 g/mol. The molecule has 0 aliphatic carbocycles. The Kier molecular flexibility index (Phi) is 4.31. The van der Waals surface area contributed by atoms with Crippen LogP contribution in [0.15, 0.2) is 34.2 Å². The summed E-state index contributed by atoms with van der Waals surface area (Å²) >= 11 is 1.19. The SMILES string of the molecule is Cc1nnc(Sc2cccc(F)c2)c(C(=N)NO)c1C. The van der Waals surface area contributed by atoms with E-state index in [9.17, 15) is 4.39 Å². The van der Waals surface area contributed by atoms with Crippen molar-refractivity contribution in [3.8, 4) is 0 Å². The van der Waals surface area contributed by atoms with Crippen molar-refractivity contribution >= 4 is 17.6 Å². The number of hydrogen-bond acceptors (Lipinski definition) is 5. The van der Waals surface area contributed by atoms with Gasteiger partial charge in [-0.2, -0.15) is 5.10 Å². The molecule has 0 bridgehead atoms. The van der Waals surface area contributed by atoms with Crippen molar-refractivity contribution in [1.82, 2.24) is 15.7 Å². The van der Waals surface area contributed by atoms with E-state index in [0.29, 0.717) is 21.2 Å². The first kappa shape index (κ1) is 14.4. The van der Waals surface area contributed by atoms with Crippen LogP contribution in [0.5, 0.6) is 0 Å². The largest absolute Gasteiger partial charge is 0.290 e. The maximum Gasteiger partial charge on any atom is 0.152 e. The molecule has 0 radical (unpaired) electrons. The second-order valence-corrected chi connectivity index (χ2v) is 5.20. The van der Waals surface area contributed by atoms with E-state index < -0.39 is 0 Å². The minimum atomic E-state index is -0.344. The number of rotatable bonds is 3. The van der Waals surface area contributed by atoms with Crippen LogP contribution in [0.2, 0.25) is 0 Å². The zero-order chi connectivity index (χ0) is 14.7. The van der Waals surface area contributed by atoms with E-state index in [4.69, 9.17) is 10.6 Å². The van der Waals surface area contributed by atoms with Gasteiger partial charge >= 0.3 is 0 Å². The Labute approximate surface area is 119 Å². The van der Waals surface area contributed by atoms with Gasteiger partial charge in [-0.3, -0.25) is 16.1 Å². The van der Waals surface area contributed by atoms with Crippen molar-refractivity contribution in [3.63, 3.8) is 0 Å². The number of amidine groups is 1. The second kappa shape index (κ2) is 5.98. The Morgan fingerprint density at radius 2 is 2.10 bits per heavy atom. The molecule has 0 unspecified atom stereocenters. The molecule has 3 N–H and O–H groups in total. The Morgan fingerprint density at radius 3 is 2.75 bits per heavy atom. The van der Waals surface area contributed by atoms with Crippen LogP contribution in [0.3, 0.4) is 0 Å².